The maximum absolute atomic E-state index is 12.5. The topological polar surface area (TPSA) is 89.7 Å². The van der Waals surface area contributed by atoms with Gasteiger partial charge in [-0.1, -0.05) is 0 Å². The summed E-state index contributed by atoms with van der Waals surface area (Å²) in [5, 5.41) is 0. The lowest BCUT2D eigenvalue weighted by atomic mass is 10.1. The third kappa shape index (κ3) is 4.10. The molecule has 1 saturated heterocycles. The molecular formula is C14H20N2O4S. The van der Waals surface area contributed by atoms with E-state index >= 15 is 0 Å². The molecule has 1 fully saturated rings. The van der Waals surface area contributed by atoms with Crippen LogP contribution < -0.4 is 10.5 Å². The lowest BCUT2D eigenvalue weighted by Crippen LogP contribution is -2.33. The summed E-state index contributed by atoms with van der Waals surface area (Å²) >= 11 is 0. The number of carbonyl (C=O) groups is 1. The average Bonchev–Trinajstić information content (AvgIpc) is 2.58. The maximum atomic E-state index is 12.5. The fraction of sp³-hybridized carbons (Fsp3) is 0.500. The summed E-state index contributed by atoms with van der Waals surface area (Å²) in [6, 6.07) is 4.89. The van der Waals surface area contributed by atoms with Crippen molar-refractivity contribution in [2.75, 3.05) is 36.9 Å². The first-order valence-corrected chi connectivity index (χ1v) is 8.76. The molecule has 1 amide bonds. The molecule has 1 aromatic rings. The van der Waals surface area contributed by atoms with E-state index in [4.69, 9.17) is 10.5 Å². The van der Waals surface area contributed by atoms with Gasteiger partial charge in [0.15, 0.2) is 9.84 Å². The van der Waals surface area contributed by atoms with Crippen LogP contribution in [0.1, 0.15) is 23.7 Å². The van der Waals surface area contributed by atoms with Crippen molar-refractivity contribution < 1.29 is 17.9 Å². The molecule has 1 aliphatic heterocycles. The Labute approximate surface area is 124 Å². The van der Waals surface area contributed by atoms with Crippen molar-refractivity contribution in [1.29, 1.82) is 0 Å². The standard InChI is InChI=1S/C14H20N2O4S/c1-2-20-13-9-11(8-12(15)10-13)14(17)16-4-3-6-21(18,19)7-5-16/h8-10H,2-7,15H2,1H3. The van der Waals surface area contributed by atoms with Crippen LogP contribution in [0.15, 0.2) is 18.2 Å². The molecule has 1 aliphatic rings. The predicted octanol–water partition coefficient (Wildman–Crippen LogP) is 0.928. The summed E-state index contributed by atoms with van der Waals surface area (Å²) < 4.78 is 28.6. The molecule has 2 N–H and O–H groups in total. The van der Waals surface area contributed by atoms with Crippen molar-refractivity contribution in [3.8, 4) is 5.75 Å². The van der Waals surface area contributed by atoms with E-state index in [0.29, 0.717) is 36.6 Å². The van der Waals surface area contributed by atoms with Gasteiger partial charge in [0.25, 0.3) is 5.91 Å². The molecule has 0 atom stereocenters. The molecule has 0 unspecified atom stereocenters. The van der Waals surface area contributed by atoms with Gasteiger partial charge < -0.3 is 15.4 Å². The van der Waals surface area contributed by atoms with E-state index in [0.717, 1.165) is 0 Å². The Bertz CT molecular complexity index is 628. The summed E-state index contributed by atoms with van der Waals surface area (Å²) in [6.45, 7) is 3.00. The third-order valence-electron chi connectivity index (χ3n) is 3.33. The molecule has 7 heteroatoms. The highest BCUT2D eigenvalue weighted by Crippen LogP contribution is 2.21. The fourth-order valence-corrected chi connectivity index (χ4v) is 3.59. The molecule has 0 aromatic heterocycles. The van der Waals surface area contributed by atoms with E-state index in [1.807, 2.05) is 6.92 Å². The number of hydrogen-bond donors (Lipinski definition) is 1. The highest BCUT2D eigenvalue weighted by atomic mass is 32.2. The number of nitrogens with two attached hydrogens (primary N) is 1. The van der Waals surface area contributed by atoms with Crippen molar-refractivity contribution in [3.05, 3.63) is 23.8 Å². The molecule has 0 radical (unpaired) electrons. The number of nitrogen functional groups attached to an aromatic ring is 1. The minimum Gasteiger partial charge on any atom is -0.494 e. The number of hydrogen-bond acceptors (Lipinski definition) is 5. The number of amides is 1. The monoisotopic (exact) mass is 312 g/mol. The van der Waals surface area contributed by atoms with Crippen LogP contribution in [0.3, 0.4) is 0 Å². The Hall–Kier alpha value is -1.76. The zero-order valence-electron chi connectivity index (χ0n) is 12.0. The summed E-state index contributed by atoms with van der Waals surface area (Å²) in [5.41, 5.74) is 6.66. The second-order valence-corrected chi connectivity index (χ2v) is 7.32. The van der Waals surface area contributed by atoms with Crippen LogP contribution in [0.2, 0.25) is 0 Å². The highest BCUT2D eigenvalue weighted by Gasteiger charge is 2.23. The van der Waals surface area contributed by atoms with Gasteiger partial charge in [-0.15, -0.1) is 0 Å². The summed E-state index contributed by atoms with van der Waals surface area (Å²) in [6.07, 6.45) is 0.467. The van der Waals surface area contributed by atoms with Crippen LogP contribution in [0, 0.1) is 0 Å². The molecule has 0 saturated carbocycles. The van der Waals surface area contributed by atoms with E-state index in [9.17, 15) is 13.2 Å². The SMILES string of the molecule is CCOc1cc(N)cc(C(=O)N2CCCS(=O)(=O)CC2)c1. The van der Waals surface area contributed by atoms with Gasteiger partial charge in [-0.05, 0) is 25.5 Å². The average molecular weight is 312 g/mol. The van der Waals surface area contributed by atoms with Crippen molar-refractivity contribution in [3.63, 3.8) is 0 Å². The molecular weight excluding hydrogens is 292 g/mol. The number of nitrogens with zero attached hydrogens (tertiary/aromatic N) is 1. The smallest absolute Gasteiger partial charge is 0.254 e. The van der Waals surface area contributed by atoms with Gasteiger partial charge >= 0.3 is 0 Å². The molecule has 1 heterocycles. The Kier molecular flexibility index (Phi) is 4.72. The largest absolute Gasteiger partial charge is 0.494 e. The molecule has 0 bridgehead atoms. The van der Waals surface area contributed by atoms with Gasteiger partial charge in [-0.2, -0.15) is 0 Å². The minimum absolute atomic E-state index is 0.0133. The lowest BCUT2D eigenvalue weighted by molar-refractivity contribution is 0.0768. The van der Waals surface area contributed by atoms with Gasteiger partial charge in [-0.25, -0.2) is 8.42 Å². The molecule has 2 rings (SSSR count). The van der Waals surface area contributed by atoms with Crippen molar-refractivity contribution in [2.45, 2.75) is 13.3 Å². The number of carbonyl (C=O) groups excluding carboxylic acids is 1. The lowest BCUT2D eigenvalue weighted by Gasteiger charge is -2.20. The second kappa shape index (κ2) is 6.34. The van der Waals surface area contributed by atoms with Gasteiger partial charge in [0.2, 0.25) is 0 Å². The van der Waals surface area contributed by atoms with E-state index in [1.54, 1.807) is 23.1 Å². The van der Waals surface area contributed by atoms with Crippen LogP contribution in [0.25, 0.3) is 0 Å². The van der Waals surface area contributed by atoms with Crippen LogP contribution in [-0.4, -0.2) is 50.4 Å². The molecule has 0 aliphatic carbocycles. The summed E-state index contributed by atoms with van der Waals surface area (Å²) in [7, 11) is -3.04. The number of anilines is 1. The molecule has 1 aromatic carbocycles. The van der Waals surface area contributed by atoms with Gasteiger partial charge in [-0.3, -0.25) is 4.79 Å². The van der Waals surface area contributed by atoms with Crippen molar-refractivity contribution >= 4 is 21.4 Å². The molecule has 0 spiro atoms. The Morgan fingerprint density at radius 1 is 1.29 bits per heavy atom. The normalized spacial score (nSPS) is 18.0. The number of rotatable bonds is 3. The first-order valence-electron chi connectivity index (χ1n) is 6.94. The molecule has 116 valence electrons. The Morgan fingerprint density at radius 3 is 2.76 bits per heavy atom. The summed E-state index contributed by atoms with van der Waals surface area (Å²) in [4.78, 5) is 14.1. The number of ether oxygens (including phenoxy) is 1. The van der Waals surface area contributed by atoms with Crippen molar-refractivity contribution in [2.24, 2.45) is 0 Å². The third-order valence-corrected chi connectivity index (χ3v) is 5.04. The first-order chi connectivity index (χ1) is 9.91. The number of benzene rings is 1. The molecule has 21 heavy (non-hydrogen) atoms. The van der Waals surface area contributed by atoms with Crippen LogP contribution in [-0.2, 0) is 9.84 Å². The van der Waals surface area contributed by atoms with E-state index < -0.39 is 9.84 Å². The van der Waals surface area contributed by atoms with Gasteiger partial charge in [0.1, 0.15) is 5.75 Å². The van der Waals surface area contributed by atoms with E-state index in [-0.39, 0.29) is 24.0 Å². The predicted molar refractivity (Wildman–Crippen MR) is 81.2 cm³/mol. The van der Waals surface area contributed by atoms with E-state index in [2.05, 4.69) is 0 Å². The van der Waals surface area contributed by atoms with Crippen LogP contribution in [0.4, 0.5) is 5.69 Å². The Balaban J connectivity index is 2.19. The van der Waals surface area contributed by atoms with Crippen LogP contribution >= 0.6 is 0 Å². The minimum atomic E-state index is -3.04. The summed E-state index contributed by atoms with van der Waals surface area (Å²) in [5.74, 6) is 0.487. The van der Waals surface area contributed by atoms with E-state index in [1.165, 1.54) is 0 Å². The maximum Gasteiger partial charge on any atom is 0.254 e. The second-order valence-electron chi connectivity index (χ2n) is 5.02. The fourth-order valence-electron chi connectivity index (χ4n) is 2.32. The van der Waals surface area contributed by atoms with Gasteiger partial charge in [0, 0.05) is 30.4 Å². The van der Waals surface area contributed by atoms with Crippen LogP contribution in [0.5, 0.6) is 5.75 Å². The first kappa shape index (κ1) is 15.6. The Morgan fingerprint density at radius 2 is 2.05 bits per heavy atom. The van der Waals surface area contributed by atoms with Gasteiger partial charge in [0.05, 0.1) is 18.1 Å². The molecule has 6 nitrogen and oxygen atoms in total. The quantitative estimate of drug-likeness (QED) is 0.839. The van der Waals surface area contributed by atoms with Crippen molar-refractivity contribution in [1.82, 2.24) is 4.90 Å². The number of sulfone groups is 1. The highest BCUT2D eigenvalue weighted by molar-refractivity contribution is 7.91. The zero-order valence-corrected chi connectivity index (χ0v) is 12.9. The zero-order chi connectivity index (χ0) is 15.5.